The molecule has 66 heavy (non-hydrogen) atoms. The topological polar surface area (TPSA) is 83.1 Å². The van der Waals surface area contributed by atoms with Gasteiger partial charge in [-0.15, -0.1) is 0 Å². The summed E-state index contributed by atoms with van der Waals surface area (Å²) in [6.45, 7) is 5.47. The maximum Gasteiger partial charge on any atom is 0.158 e. The summed E-state index contributed by atoms with van der Waals surface area (Å²) in [6, 6.07) is 61.4. The lowest BCUT2D eigenvalue weighted by molar-refractivity contribution is -0.288. The average Bonchev–Trinajstić information content (AvgIpc) is 3.37. The van der Waals surface area contributed by atoms with Gasteiger partial charge in [-0.05, 0) is 52.6 Å². The standard InChI is InChI=1S/C57H64O9/c1-2-60-53-34-49(54(61-37-45-25-13-5-14-26-45)51(66-53)41-58-35-43-21-9-3-10-22-43)33-50-55(62-38-46-27-15-6-16-28-46)57(64-40-48-31-19-8-20-32-48)56(63-39-47-29-17-7-18-30-47)52(65-50)42-59-36-44-23-11-4-12-24-44/h3-32,49-57H,2,33-42H2,1H3/t49-,50+,51-,52+,53-,54+,55-,56+,57+/m0/s1. The van der Waals surface area contributed by atoms with E-state index in [0.29, 0.717) is 65.7 Å². The van der Waals surface area contributed by atoms with Gasteiger partial charge < -0.3 is 42.6 Å². The van der Waals surface area contributed by atoms with Gasteiger partial charge in [0.25, 0.3) is 0 Å². The van der Waals surface area contributed by atoms with Crippen LogP contribution < -0.4 is 0 Å². The van der Waals surface area contributed by atoms with Crippen molar-refractivity contribution in [3.63, 3.8) is 0 Å². The maximum absolute atomic E-state index is 7.37. The molecule has 2 fully saturated rings. The van der Waals surface area contributed by atoms with Gasteiger partial charge in [-0.2, -0.15) is 0 Å². The van der Waals surface area contributed by atoms with E-state index in [0.717, 1.165) is 33.4 Å². The second-order valence-corrected chi connectivity index (χ2v) is 17.1. The molecule has 9 nitrogen and oxygen atoms in total. The van der Waals surface area contributed by atoms with Crippen LogP contribution in [0.5, 0.6) is 0 Å². The summed E-state index contributed by atoms with van der Waals surface area (Å²) >= 11 is 0. The van der Waals surface area contributed by atoms with Crippen LogP contribution in [0.15, 0.2) is 182 Å². The van der Waals surface area contributed by atoms with E-state index in [9.17, 15) is 0 Å². The van der Waals surface area contributed by atoms with Crippen molar-refractivity contribution < 1.29 is 42.6 Å². The van der Waals surface area contributed by atoms with Crippen molar-refractivity contribution in [3.05, 3.63) is 215 Å². The molecule has 0 amide bonds. The van der Waals surface area contributed by atoms with Gasteiger partial charge in [0.2, 0.25) is 0 Å². The molecule has 0 saturated carbocycles. The van der Waals surface area contributed by atoms with Crippen molar-refractivity contribution in [1.29, 1.82) is 0 Å². The summed E-state index contributed by atoms with van der Waals surface area (Å²) in [5.41, 5.74) is 6.40. The summed E-state index contributed by atoms with van der Waals surface area (Å²) in [4.78, 5) is 0. The van der Waals surface area contributed by atoms with Gasteiger partial charge in [0.1, 0.15) is 30.5 Å². The number of rotatable bonds is 24. The van der Waals surface area contributed by atoms with E-state index in [4.69, 9.17) is 42.6 Å². The van der Waals surface area contributed by atoms with Gasteiger partial charge in [-0.25, -0.2) is 0 Å². The smallest absolute Gasteiger partial charge is 0.158 e. The lowest BCUT2D eigenvalue weighted by Gasteiger charge is -2.49. The van der Waals surface area contributed by atoms with Crippen molar-refractivity contribution in [2.75, 3.05) is 19.8 Å². The fourth-order valence-electron chi connectivity index (χ4n) is 8.92. The predicted octanol–water partition coefficient (Wildman–Crippen LogP) is 10.7. The minimum atomic E-state index is -0.545. The van der Waals surface area contributed by atoms with E-state index in [1.165, 1.54) is 0 Å². The van der Waals surface area contributed by atoms with Crippen LogP contribution in [0, 0.1) is 5.92 Å². The average molecular weight is 893 g/mol. The molecule has 0 bridgehead atoms. The minimum Gasteiger partial charge on any atom is -0.374 e. The largest absolute Gasteiger partial charge is 0.374 e. The fraction of sp³-hybridized carbons (Fsp3) is 0.368. The van der Waals surface area contributed by atoms with Gasteiger partial charge in [-0.3, -0.25) is 0 Å². The molecule has 0 unspecified atom stereocenters. The quantitative estimate of drug-likeness (QED) is 0.0590. The third-order valence-corrected chi connectivity index (χ3v) is 12.2. The van der Waals surface area contributed by atoms with Gasteiger partial charge in [0.15, 0.2) is 6.29 Å². The first kappa shape index (κ1) is 47.5. The predicted molar refractivity (Wildman–Crippen MR) is 254 cm³/mol. The highest BCUT2D eigenvalue weighted by Gasteiger charge is 2.51. The number of hydrogen-bond donors (Lipinski definition) is 0. The lowest BCUT2D eigenvalue weighted by atomic mass is 9.82. The fourth-order valence-corrected chi connectivity index (χ4v) is 8.92. The monoisotopic (exact) mass is 892 g/mol. The molecule has 0 radical (unpaired) electrons. The summed E-state index contributed by atoms with van der Waals surface area (Å²) in [5, 5.41) is 0. The number of hydrogen-bond acceptors (Lipinski definition) is 9. The normalized spacial score (nSPS) is 24.2. The summed E-state index contributed by atoms with van der Waals surface area (Å²) in [5.74, 6) is -0.0837. The molecule has 2 saturated heterocycles. The Kier molecular flexibility index (Phi) is 18.5. The Morgan fingerprint density at radius 3 is 1.09 bits per heavy atom. The minimum absolute atomic E-state index is 0.0837. The molecule has 8 rings (SSSR count). The molecule has 0 N–H and O–H groups in total. The Hall–Kier alpha value is -5.04. The van der Waals surface area contributed by atoms with Crippen LogP contribution in [0.25, 0.3) is 0 Å². The molecular formula is C57H64O9. The van der Waals surface area contributed by atoms with Crippen molar-refractivity contribution in [1.82, 2.24) is 0 Å². The Labute approximate surface area is 390 Å². The molecule has 0 aliphatic carbocycles. The second-order valence-electron chi connectivity index (χ2n) is 17.1. The number of benzene rings is 6. The molecule has 0 spiro atoms. The van der Waals surface area contributed by atoms with Crippen molar-refractivity contribution >= 4 is 0 Å². The highest BCUT2D eigenvalue weighted by atomic mass is 16.7. The molecule has 9 heteroatoms. The molecule has 2 heterocycles. The lowest BCUT2D eigenvalue weighted by Crippen LogP contribution is -2.62. The van der Waals surface area contributed by atoms with Crippen LogP contribution in [0.2, 0.25) is 0 Å². The molecule has 9 atom stereocenters. The first-order valence-corrected chi connectivity index (χ1v) is 23.5. The third kappa shape index (κ3) is 14.2. The first-order chi connectivity index (χ1) is 32.7. The molecule has 2 aliphatic rings. The molecule has 6 aromatic rings. The molecule has 6 aromatic carbocycles. The van der Waals surface area contributed by atoms with Crippen LogP contribution in [0.1, 0.15) is 53.1 Å². The third-order valence-electron chi connectivity index (χ3n) is 12.2. The van der Waals surface area contributed by atoms with Crippen molar-refractivity contribution in [2.45, 2.75) is 108 Å². The van der Waals surface area contributed by atoms with Crippen molar-refractivity contribution in [2.24, 2.45) is 5.92 Å². The van der Waals surface area contributed by atoms with Crippen LogP contribution >= 0.6 is 0 Å². The van der Waals surface area contributed by atoms with E-state index < -0.39 is 42.9 Å². The summed E-state index contributed by atoms with van der Waals surface area (Å²) < 4.78 is 61.5. The molecular weight excluding hydrogens is 829 g/mol. The zero-order valence-electron chi connectivity index (χ0n) is 38.0. The van der Waals surface area contributed by atoms with Gasteiger partial charge in [0, 0.05) is 13.0 Å². The van der Waals surface area contributed by atoms with Crippen LogP contribution in [0.4, 0.5) is 0 Å². The van der Waals surface area contributed by atoms with Gasteiger partial charge in [0.05, 0.1) is 65.1 Å². The van der Waals surface area contributed by atoms with Crippen LogP contribution in [0.3, 0.4) is 0 Å². The highest BCUT2D eigenvalue weighted by Crippen LogP contribution is 2.39. The Morgan fingerprint density at radius 2 is 0.697 bits per heavy atom. The van der Waals surface area contributed by atoms with E-state index in [1.807, 2.05) is 116 Å². The summed E-state index contributed by atoms with van der Waals surface area (Å²) in [6.07, 6.45) is -2.70. The van der Waals surface area contributed by atoms with Gasteiger partial charge >= 0.3 is 0 Å². The molecule has 0 aromatic heterocycles. The summed E-state index contributed by atoms with van der Waals surface area (Å²) in [7, 11) is 0. The zero-order valence-corrected chi connectivity index (χ0v) is 38.0. The van der Waals surface area contributed by atoms with Gasteiger partial charge in [-0.1, -0.05) is 182 Å². The van der Waals surface area contributed by atoms with Crippen LogP contribution in [-0.4, -0.2) is 68.8 Å². The SMILES string of the molecule is CCO[C@@H]1C[C@H](C[C@H]2O[C@H](COCc3ccccc3)[C@@H](OCc3ccccc3)[C@H](OCc3ccccc3)[C@H]2OCc2ccccc2)[C@@H](OCc2ccccc2)[C@H](COCc2ccccc2)O1. The van der Waals surface area contributed by atoms with Crippen LogP contribution in [-0.2, 0) is 82.3 Å². The molecule has 2 aliphatic heterocycles. The van der Waals surface area contributed by atoms with Crippen molar-refractivity contribution in [3.8, 4) is 0 Å². The Morgan fingerprint density at radius 1 is 0.364 bits per heavy atom. The van der Waals surface area contributed by atoms with E-state index >= 15 is 0 Å². The number of ether oxygens (including phenoxy) is 9. The Bertz CT molecular complexity index is 2200. The van der Waals surface area contributed by atoms with E-state index in [-0.39, 0.29) is 18.6 Å². The second kappa shape index (κ2) is 25.8. The zero-order chi connectivity index (χ0) is 45.0. The molecule has 346 valence electrons. The highest BCUT2D eigenvalue weighted by molar-refractivity contribution is 5.18. The maximum atomic E-state index is 7.37. The first-order valence-electron chi connectivity index (χ1n) is 23.5. The van der Waals surface area contributed by atoms with E-state index in [2.05, 4.69) is 72.8 Å². The Balaban J connectivity index is 1.13. The van der Waals surface area contributed by atoms with E-state index in [1.54, 1.807) is 0 Å².